The zero-order valence-electron chi connectivity index (χ0n) is 20.3. The quantitative estimate of drug-likeness (QED) is 0.456. The van der Waals surface area contributed by atoms with Crippen LogP contribution in [-0.2, 0) is 4.79 Å². The fourth-order valence-electron chi connectivity index (χ4n) is 4.42. The third-order valence-electron chi connectivity index (χ3n) is 6.33. The Hall–Kier alpha value is -3.81. The number of nitrogens with zero attached hydrogens (tertiary/aromatic N) is 2. The topological polar surface area (TPSA) is 94.5 Å². The van der Waals surface area contributed by atoms with Crippen molar-refractivity contribution in [3.05, 3.63) is 60.4 Å². The Morgan fingerprint density at radius 2 is 1.66 bits per heavy atom. The van der Waals surface area contributed by atoms with Gasteiger partial charge in [-0.05, 0) is 42.7 Å². The molecule has 1 aromatic heterocycles. The van der Waals surface area contributed by atoms with Gasteiger partial charge in [-0.25, -0.2) is 4.68 Å². The number of amides is 2. The van der Waals surface area contributed by atoms with Gasteiger partial charge in [0, 0.05) is 30.8 Å². The largest absolute Gasteiger partial charge is 0.493 e. The number of hydrogen-bond donors (Lipinski definition) is 2. The lowest BCUT2D eigenvalue weighted by atomic mass is 9.89. The standard InChI is InChI=1S/C27H32N4O4/c1-34-23-14-13-20(17-24(23)35-2)22-18-31(21-11-7-4-8-12-21)30-25(22)27(33)29-16-15-28-26(32)19-9-5-3-6-10-19/h4,7-8,11-14,17-19H,3,5-6,9-10,15-16H2,1-2H3,(H,28,32)(H,29,33). The smallest absolute Gasteiger partial charge is 0.272 e. The first-order valence-electron chi connectivity index (χ1n) is 12.0. The van der Waals surface area contributed by atoms with E-state index in [-0.39, 0.29) is 17.7 Å². The van der Waals surface area contributed by atoms with E-state index in [9.17, 15) is 9.59 Å². The number of para-hydroxylation sites is 1. The molecule has 0 spiro atoms. The van der Waals surface area contributed by atoms with E-state index in [1.807, 2.05) is 48.7 Å². The Morgan fingerprint density at radius 1 is 0.943 bits per heavy atom. The van der Waals surface area contributed by atoms with Crippen LogP contribution in [-0.4, -0.2) is 48.9 Å². The first-order chi connectivity index (χ1) is 17.1. The monoisotopic (exact) mass is 476 g/mol. The molecule has 8 nitrogen and oxygen atoms in total. The van der Waals surface area contributed by atoms with Crippen molar-refractivity contribution < 1.29 is 19.1 Å². The minimum absolute atomic E-state index is 0.0818. The van der Waals surface area contributed by atoms with E-state index >= 15 is 0 Å². The van der Waals surface area contributed by atoms with E-state index in [1.54, 1.807) is 25.0 Å². The van der Waals surface area contributed by atoms with Crippen LogP contribution in [0.4, 0.5) is 0 Å². The Kier molecular flexibility index (Phi) is 8.03. The molecule has 0 bridgehead atoms. The Bertz CT molecular complexity index is 1150. The summed E-state index contributed by atoms with van der Waals surface area (Å²) in [5, 5.41) is 10.4. The third kappa shape index (κ3) is 5.82. The molecule has 2 amide bonds. The highest BCUT2D eigenvalue weighted by atomic mass is 16.5. The number of ether oxygens (including phenoxy) is 2. The second kappa shape index (κ2) is 11.6. The summed E-state index contributed by atoms with van der Waals surface area (Å²) < 4.78 is 12.5. The lowest BCUT2D eigenvalue weighted by molar-refractivity contribution is -0.125. The van der Waals surface area contributed by atoms with Crippen molar-refractivity contribution in [2.75, 3.05) is 27.3 Å². The number of rotatable bonds is 9. The summed E-state index contributed by atoms with van der Waals surface area (Å²) in [6.07, 6.45) is 7.15. The fourth-order valence-corrected chi connectivity index (χ4v) is 4.42. The second-order valence-electron chi connectivity index (χ2n) is 8.62. The summed E-state index contributed by atoms with van der Waals surface area (Å²) in [4.78, 5) is 25.5. The van der Waals surface area contributed by atoms with Gasteiger partial charge in [0.1, 0.15) is 0 Å². The summed E-state index contributed by atoms with van der Waals surface area (Å²) in [5.41, 5.74) is 2.58. The zero-order chi connectivity index (χ0) is 24.6. The molecule has 1 aliphatic rings. The maximum atomic E-state index is 13.2. The minimum atomic E-state index is -0.309. The van der Waals surface area contributed by atoms with Crippen molar-refractivity contribution in [1.29, 1.82) is 0 Å². The van der Waals surface area contributed by atoms with E-state index in [0.29, 0.717) is 35.8 Å². The number of benzene rings is 2. The SMILES string of the molecule is COc1ccc(-c2cn(-c3ccccc3)nc2C(=O)NCCNC(=O)C2CCCCC2)cc1OC. The molecule has 4 rings (SSSR count). The van der Waals surface area contributed by atoms with Crippen LogP contribution < -0.4 is 20.1 Å². The Labute approximate surface area is 205 Å². The first-order valence-corrected chi connectivity index (χ1v) is 12.0. The number of carbonyl (C=O) groups excluding carboxylic acids is 2. The van der Waals surface area contributed by atoms with Gasteiger partial charge in [0.25, 0.3) is 5.91 Å². The van der Waals surface area contributed by atoms with Crippen LogP contribution in [0.5, 0.6) is 11.5 Å². The van der Waals surface area contributed by atoms with E-state index in [0.717, 1.165) is 36.9 Å². The average molecular weight is 477 g/mol. The maximum absolute atomic E-state index is 13.2. The fraction of sp³-hybridized carbons (Fsp3) is 0.370. The molecule has 8 heteroatoms. The number of nitrogens with one attached hydrogen (secondary N) is 2. The molecule has 35 heavy (non-hydrogen) atoms. The molecule has 1 heterocycles. The molecule has 0 aliphatic heterocycles. The molecule has 2 N–H and O–H groups in total. The summed E-state index contributed by atoms with van der Waals surface area (Å²) in [5.74, 6) is 1.04. The van der Waals surface area contributed by atoms with E-state index in [2.05, 4.69) is 15.7 Å². The number of hydrogen-bond acceptors (Lipinski definition) is 5. The number of aromatic nitrogens is 2. The van der Waals surface area contributed by atoms with Crippen molar-refractivity contribution in [2.24, 2.45) is 5.92 Å². The molecule has 1 aliphatic carbocycles. The highest BCUT2D eigenvalue weighted by Crippen LogP contribution is 2.34. The molecule has 1 fully saturated rings. The van der Waals surface area contributed by atoms with Crippen LogP contribution in [0.15, 0.2) is 54.7 Å². The second-order valence-corrected chi connectivity index (χ2v) is 8.62. The summed E-state index contributed by atoms with van der Waals surface area (Å²) in [6, 6.07) is 15.1. The highest BCUT2D eigenvalue weighted by molar-refractivity contribution is 5.99. The van der Waals surface area contributed by atoms with Crippen LogP contribution in [0.1, 0.15) is 42.6 Å². The van der Waals surface area contributed by atoms with Crippen molar-refractivity contribution in [3.63, 3.8) is 0 Å². The molecule has 0 radical (unpaired) electrons. The number of carbonyl (C=O) groups is 2. The van der Waals surface area contributed by atoms with Crippen LogP contribution in [0.3, 0.4) is 0 Å². The molecule has 0 saturated heterocycles. The molecule has 3 aromatic rings. The molecule has 0 atom stereocenters. The van der Waals surface area contributed by atoms with Gasteiger partial charge in [0.15, 0.2) is 17.2 Å². The lowest BCUT2D eigenvalue weighted by Crippen LogP contribution is -2.38. The van der Waals surface area contributed by atoms with Gasteiger partial charge in [-0.15, -0.1) is 0 Å². The highest BCUT2D eigenvalue weighted by Gasteiger charge is 2.22. The zero-order valence-corrected chi connectivity index (χ0v) is 20.3. The molecular formula is C27H32N4O4. The van der Waals surface area contributed by atoms with Crippen molar-refractivity contribution >= 4 is 11.8 Å². The van der Waals surface area contributed by atoms with Crippen LogP contribution in [0.25, 0.3) is 16.8 Å². The van der Waals surface area contributed by atoms with Gasteiger partial charge >= 0.3 is 0 Å². The van der Waals surface area contributed by atoms with Gasteiger partial charge in [-0.2, -0.15) is 5.10 Å². The van der Waals surface area contributed by atoms with Crippen molar-refractivity contribution in [3.8, 4) is 28.3 Å². The van der Waals surface area contributed by atoms with Crippen molar-refractivity contribution in [1.82, 2.24) is 20.4 Å². The summed E-state index contributed by atoms with van der Waals surface area (Å²) in [7, 11) is 3.15. The van der Waals surface area contributed by atoms with Gasteiger partial charge in [-0.3, -0.25) is 9.59 Å². The number of methoxy groups -OCH3 is 2. The molecule has 1 saturated carbocycles. The molecule has 184 valence electrons. The summed E-state index contributed by atoms with van der Waals surface area (Å²) >= 11 is 0. The van der Waals surface area contributed by atoms with Crippen molar-refractivity contribution in [2.45, 2.75) is 32.1 Å². The van der Waals surface area contributed by atoms with Gasteiger partial charge in [0.2, 0.25) is 5.91 Å². The van der Waals surface area contributed by atoms with Crippen LogP contribution in [0.2, 0.25) is 0 Å². The third-order valence-corrected chi connectivity index (χ3v) is 6.33. The Balaban J connectivity index is 1.51. The predicted octanol–water partition coefficient (Wildman–Crippen LogP) is 3.98. The molecule has 2 aromatic carbocycles. The van der Waals surface area contributed by atoms with Gasteiger partial charge < -0.3 is 20.1 Å². The van der Waals surface area contributed by atoms with E-state index in [1.165, 1.54) is 6.42 Å². The molecular weight excluding hydrogens is 444 g/mol. The normalized spacial score (nSPS) is 13.8. The van der Waals surface area contributed by atoms with Gasteiger partial charge in [0.05, 0.1) is 19.9 Å². The minimum Gasteiger partial charge on any atom is -0.493 e. The Morgan fingerprint density at radius 3 is 2.37 bits per heavy atom. The summed E-state index contributed by atoms with van der Waals surface area (Å²) in [6.45, 7) is 0.701. The maximum Gasteiger partial charge on any atom is 0.272 e. The predicted molar refractivity (Wildman–Crippen MR) is 134 cm³/mol. The average Bonchev–Trinajstić information content (AvgIpc) is 3.37. The van der Waals surface area contributed by atoms with Crippen LogP contribution >= 0.6 is 0 Å². The van der Waals surface area contributed by atoms with E-state index in [4.69, 9.17) is 9.47 Å². The van der Waals surface area contributed by atoms with Crippen LogP contribution in [0, 0.1) is 5.92 Å². The van der Waals surface area contributed by atoms with Gasteiger partial charge in [-0.1, -0.05) is 43.5 Å². The lowest BCUT2D eigenvalue weighted by Gasteiger charge is -2.20. The van der Waals surface area contributed by atoms with E-state index < -0.39 is 0 Å². The first kappa shape index (κ1) is 24.3. The molecule has 0 unspecified atom stereocenters.